The summed E-state index contributed by atoms with van der Waals surface area (Å²) in [7, 11) is 7.76. The molecule has 0 saturated carbocycles. The first kappa shape index (κ1) is 38.7. The molecule has 0 radical (unpaired) electrons. The monoisotopic (exact) mass is 646 g/mol. The van der Waals surface area contributed by atoms with Gasteiger partial charge in [-0.25, -0.2) is 0 Å². The van der Waals surface area contributed by atoms with Crippen LogP contribution >= 0.6 is 34.2 Å². The van der Waals surface area contributed by atoms with Crippen LogP contribution in [0.2, 0.25) is 0 Å². The largest absolute Gasteiger partial charge is 0.492 e. The molecule has 2 rings (SSSR count). The van der Waals surface area contributed by atoms with Crippen LogP contribution < -0.4 is 9.47 Å². The Hall–Kier alpha value is -1.29. The van der Waals surface area contributed by atoms with Gasteiger partial charge in [0.2, 0.25) is 0 Å². The number of hydrogen-bond acceptors (Lipinski definition) is 13. The van der Waals surface area contributed by atoms with Crippen molar-refractivity contribution in [1.29, 1.82) is 0 Å². The minimum Gasteiger partial charge on any atom is -0.492 e. The van der Waals surface area contributed by atoms with Crippen molar-refractivity contribution in [2.45, 2.75) is 63.6 Å². The first-order chi connectivity index (χ1) is 19.7. The smallest absolute Gasteiger partial charge is 0.123 e. The highest BCUT2D eigenvalue weighted by atomic mass is 33.1. The van der Waals surface area contributed by atoms with Crippen molar-refractivity contribution < 1.29 is 29.9 Å². The number of pyridine rings is 2. The van der Waals surface area contributed by atoms with Gasteiger partial charge in [0.05, 0.1) is 49.2 Å². The maximum absolute atomic E-state index is 9.16. The Morgan fingerprint density at radius 2 is 1.07 bits per heavy atom. The predicted octanol–water partition coefficient (Wildman–Crippen LogP) is 3.25. The summed E-state index contributed by atoms with van der Waals surface area (Å²) in [4.78, 5) is 12.5. The Balaban J connectivity index is 0.000000422. The summed E-state index contributed by atoms with van der Waals surface area (Å²) in [6.45, 7) is 12.4. The summed E-state index contributed by atoms with van der Waals surface area (Å²) >= 11 is 4.49. The first-order valence-corrected chi connectivity index (χ1v) is 16.7. The molecule has 0 aliphatic rings. The number of ether oxygens (including phenoxy) is 2. The minimum absolute atomic E-state index is 0.0421. The van der Waals surface area contributed by atoms with E-state index in [0.29, 0.717) is 47.5 Å². The number of aliphatic hydroxyl groups excluding tert-OH is 4. The van der Waals surface area contributed by atoms with E-state index in [0.717, 1.165) is 26.2 Å². The van der Waals surface area contributed by atoms with Crippen molar-refractivity contribution in [3.05, 3.63) is 47.0 Å². The second-order valence-electron chi connectivity index (χ2n) is 11.2. The Morgan fingerprint density at radius 3 is 1.38 bits per heavy atom. The molecule has 0 aliphatic carbocycles. The highest BCUT2D eigenvalue weighted by molar-refractivity contribution is 8.76. The average Bonchev–Trinajstić information content (AvgIpc) is 2.91. The number of hydrogen-bond donors (Lipinski definition) is 5. The van der Waals surface area contributed by atoms with Crippen molar-refractivity contribution in [2.75, 3.05) is 59.7 Å². The molecule has 240 valence electrons. The van der Waals surface area contributed by atoms with Crippen LogP contribution in [0, 0.1) is 0 Å². The van der Waals surface area contributed by atoms with Crippen molar-refractivity contribution in [1.82, 2.24) is 19.8 Å². The van der Waals surface area contributed by atoms with E-state index < -0.39 is 0 Å². The lowest BCUT2D eigenvalue weighted by Gasteiger charge is -2.28. The van der Waals surface area contributed by atoms with E-state index in [9.17, 15) is 0 Å². The van der Waals surface area contributed by atoms with Crippen LogP contribution in [0.15, 0.2) is 24.3 Å². The molecule has 2 aromatic heterocycles. The third kappa shape index (κ3) is 17.1. The molecule has 2 aromatic rings. The first-order valence-electron chi connectivity index (χ1n) is 13.7. The summed E-state index contributed by atoms with van der Waals surface area (Å²) in [5.74, 6) is 1.25. The molecule has 0 fully saturated rings. The third-order valence-corrected chi connectivity index (χ3v) is 8.30. The van der Waals surface area contributed by atoms with E-state index >= 15 is 0 Å². The Kier molecular flexibility index (Phi) is 18.3. The van der Waals surface area contributed by atoms with E-state index in [1.807, 2.05) is 17.8 Å². The van der Waals surface area contributed by atoms with Crippen LogP contribution in [-0.2, 0) is 26.4 Å². The van der Waals surface area contributed by atoms with Gasteiger partial charge in [0.1, 0.15) is 24.7 Å². The number of rotatable bonds is 18. The molecule has 2 heterocycles. The van der Waals surface area contributed by atoms with Gasteiger partial charge in [-0.05, 0) is 48.0 Å². The zero-order valence-corrected chi connectivity index (χ0v) is 28.6. The lowest BCUT2D eigenvalue weighted by atomic mass is 10.2. The molecule has 0 aromatic carbocycles. The topological polar surface area (TPSA) is 132 Å². The van der Waals surface area contributed by atoms with Crippen molar-refractivity contribution in [2.24, 2.45) is 0 Å². The molecule has 0 aliphatic heterocycles. The van der Waals surface area contributed by atoms with Gasteiger partial charge in [-0.1, -0.05) is 21.6 Å². The normalized spacial score (nSPS) is 12.0. The van der Waals surface area contributed by atoms with Crippen LogP contribution in [0.25, 0.3) is 0 Å². The second-order valence-corrected chi connectivity index (χ2v) is 15.5. The standard InChI is InChI=1S/C15H26N2O3S2.C14H24N2O3S/c1-15(2,22-21-4)11-17(3)5-6-20-14-7-12(9-18)16-13(8-14)10-19;1-14(2,20)10-16(3)4-5-19-13-6-11(8-17)15-12(7-13)9-18/h7-8,18-19H,5-6,9-11H2,1-4H3;6-7,17-18,20H,4-5,8-10H2,1-3H3. The maximum atomic E-state index is 9.16. The molecule has 0 unspecified atom stereocenters. The van der Waals surface area contributed by atoms with Gasteiger partial charge in [-0.15, -0.1) is 0 Å². The van der Waals surface area contributed by atoms with Gasteiger partial charge < -0.3 is 39.7 Å². The molecule has 0 atom stereocenters. The molecule has 0 bridgehead atoms. The number of nitrogens with zero attached hydrogens (tertiary/aromatic N) is 4. The predicted molar refractivity (Wildman–Crippen MR) is 176 cm³/mol. The van der Waals surface area contributed by atoms with E-state index in [-0.39, 0.29) is 35.9 Å². The summed E-state index contributed by atoms with van der Waals surface area (Å²) in [6.07, 6.45) is 2.09. The van der Waals surface area contributed by atoms with Crippen LogP contribution in [0.5, 0.6) is 11.5 Å². The zero-order valence-electron chi connectivity index (χ0n) is 26.0. The lowest BCUT2D eigenvalue weighted by Crippen LogP contribution is -2.35. The van der Waals surface area contributed by atoms with Crippen molar-refractivity contribution in [3.63, 3.8) is 0 Å². The van der Waals surface area contributed by atoms with E-state index in [1.165, 1.54) is 0 Å². The lowest BCUT2D eigenvalue weighted by molar-refractivity contribution is 0.226. The number of thiol groups is 1. The Bertz CT molecular complexity index is 998. The van der Waals surface area contributed by atoms with E-state index in [4.69, 9.17) is 29.9 Å². The molecule has 0 saturated heterocycles. The fourth-order valence-corrected chi connectivity index (χ4v) is 6.57. The molecule has 13 heteroatoms. The van der Waals surface area contributed by atoms with Gasteiger partial charge in [-0.2, -0.15) is 12.6 Å². The summed E-state index contributed by atoms with van der Waals surface area (Å²) in [5.41, 5.74) is 2.01. The van der Waals surface area contributed by atoms with E-state index in [1.54, 1.807) is 35.1 Å². The van der Waals surface area contributed by atoms with Gasteiger partial charge in [0.25, 0.3) is 0 Å². The highest BCUT2D eigenvalue weighted by Crippen LogP contribution is 2.33. The fraction of sp³-hybridized carbons (Fsp3) is 0.655. The second kappa shape index (κ2) is 19.9. The summed E-state index contributed by atoms with van der Waals surface area (Å²) in [6, 6.07) is 6.77. The van der Waals surface area contributed by atoms with Crippen LogP contribution in [0.1, 0.15) is 50.5 Å². The van der Waals surface area contributed by atoms with Crippen LogP contribution in [0.3, 0.4) is 0 Å². The van der Waals surface area contributed by atoms with Gasteiger partial charge in [-0.3, -0.25) is 9.97 Å². The van der Waals surface area contributed by atoms with Gasteiger partial charge in [0, 0.05) is 59.9 Å². The average molecular weight is 647 g/mol. The van der Waals surface area contributed by atoms with Crippen LogP contribution in [0.4, 0.5) is 0 Å². The zero-order chi connectivity index (χ0) is 31.8. The molecular formula is C29H50N4O6S3. The summed E-state index contributed by atoms with van der Waals surface area (Å²) < 4.78 is 11.5. The molecule has 4 N–H and O–H groups in total. The molecule has 10 nitrogen and oxygen atoms in total. The third-order valence-electron chi connectivity index (χ3n) is 5.56. The maximum Gasteiger partial charge on any atom is 0.123 e. The number of likely N-dealkylation sites (N-methyl/N-ethyl adjacent to an activating group) is 2. The van der Waals surface area contributed by atoms with Crippen LogP contribution in [-0.4, -0.2) is 109 Å². The van der Waals surface area contributed by atoms with Gasteiger partial charge >= 0.3 is 0 Å². The number of aliphatic hydroxyl groups is 4. The highest BCUT2D eigenvalue weighted by Gasteiger charge is 2.20. The Labute approximate surface area is 265 Å². The molecular weight excluding hydrogens is 597 g/mol. The molecule has 0 spiro atoms. The van der Waals surface area contributed by atoms with Crippen molar-refractivity contribution in [3.8, 4) is 11.5 Å². The van der Waals surface area contributed by atoms with Crippen molar-refractivity contribution >= 4 is 34.2 Å². The molecule has 42 heavy (non-hydrogen) atoms. The SMILES string of the molecule is CN(CCOc1cc(CO)nc(CO)c1)CC(C)(C)S.CSSC(C)(C)CN(C)CCOc1cc(CO)nc(CO)c1. The number of aromatic nitrogens is 2. The van der Waals surface area contributed by atoms with E-state index in [2.05, 4.69) is 73.4 Å². The van der Waals surface area contributed by atoms with Gasteiger partial charge in [0.15, 0.2) is 0 Å². The summed E-state index contributed by atoms with van der Waals surface area (Å²) in [5, 5.41) is 36.5. The minimum atomic E-state index is -0.169. The quantitative estimate of drug-likeness (QED) is 0.120. The molecule has 0 amide bonds. The fourth-order valence-electron chi connectivity index (χ4n) is 4.09. The Morgan fingerprint density at radius 1 is 0.714 bits per heavy atom.